The number of aromatic nitrogens is 2. The number of nitrogens with zero attached hydrogens (tertiary/aromatic N) is 2. The smallest absolute Gasteiger partial charge is 0.0979 e. The zero-order valence-corrected chi connectivity index (χ0v) is 34.2. The van der Waals surface area contributed by atoms with Gasteiger partial charge in [-0.2, -0.15) is 0 Å². The van der Waals surface area contributed by atoms with Crippen LogP contribution < -0.4 is 0 Å². The first-order chi connectivity index (χ1) is 30.2. The van der Waals surface area contributed by atoms with Crippen molar-refractivity contribution in [2.24, 2.45) is 0 Å². The number of rotatable bonds is 6. The van der Waals surface area contributed by atoms with Crippen LogP contribution in [-0.4, -0.2) is 9.97 Å². The van der Waals surface area contributed by atoms with Crippen molar-refractivity contribution >= 4 is 69.7 Å². The van der Waals surface area contributed by atoms with Gasteiger partial charge in [0, 0.05) is 36.5 Å². The lowest BCUT2D eigenvalue weighted by Gasteiger charge is -2.15. The molecule has 286 valence electrons. The third-order valence-electron chi connectivity index (χ3n) is 12.4. The molecular formula is C58H38N2S. The van der Waals surface area contributed by atoms with E-state index in [0.29, 0.717) is 0 Å². The van der Waals surface area contributed by atoms with E-state index in [9.17, 15) is 0 Å². The van der Waals surface area contributed by atoms with E-state index in [1.54, 1.807) is 0 Å². The lowest BCUT2D eigenvalue weighted by Crippen LogP contribution is -1.94. The lowest BCUT2D eigenvalue weighted by atomic mass is 9.91. The average Bonchev–Trinajstić information content (AvgIpc) is 3.73. The topological polar surface area (TPSA) is 25.8 Å². The van der Waals surface area contributed by atoms with Gasteiger partial charge in [-0.25, -0.2) is 4.98 Å². The molecule has 2 heterocycles. The summed E-state index contributed by atoms with van der Waals surface area (Å²) in [7, 11) is 0. The summed E-state index contributed by atoms with van der Waals surface area (Å²) in [5.41, 5.74) is 16.0. The predicted octanol–water partition coefficient (Wildman–Crippen LogP) is 16.4. The molecular weight excluding hydrogens is 757 g/mol. The summed E-state index contributed by atoms with van der Waals surface area (Å²) in [6.45, 7) is 0. The maximum absolute atomic E-state index is 5.42. The monoisotopic (exact) mass is 794 g/mol. The molecule has 0 radical (unpaired) electrons. The van der Waals surface area contributed by atoms with Crippen LogP contribution in [0.25, 0.3) is 114 Å². The van der Waals surface area contributed by atoms with Gasteiger partial charge >= 0.3 is 0 Å². The van der Waals surface area contributed by atoms with Crippen molar-refractivity contribution in [1.29, 1.82) is 0 Å². The molecule has 9 aromatic carbocycles. The molecule has 0 saturated carbocycles. The van der Waals surface area contributed by atoms with E-state index in [2.05, 4.69) is 200 Å². The van der Waals surface area contributed by atoms with Crippen LogP contribution in [0, 0.1) is 0 Å². The Morgan fingerprint density at radius 1 is 0.410 bits per heavy atom. The molecule has 11 aromatic rings. The lowest BCUT2D eigenvalue weighted by molar-refractivity contribution is 1.05. The molecule has 61 heavy (non-hydrogen) atoms. The molecule has 0 saturated heterocycles. The third-order valence-corrected chi connectivity index (χ3v) is 13.6. The van der Waals surface area contributed by atoms with Gasteiger partial charge in [0.25, 0.3) is 0 Å². The maximum atomic E-state index is 5.42. The van der Waals surface area contributed by atoms with Gasteiger partial charge in [0.2, 0.25) is 0 Å². The molecule has 0 N–H and O–H groups in total. The van der Waals surface area contributed by atoms with E-state index in [1.807, 2.05) is 17.5 Å². The number of fused-ring (bicyclic) bond motifs is 9. The molecule has 3 heteroatoms. The highest BCUT2D eigenvalue weighted by molar-refractivity contribution is 7.26. The van der Waals surface area contributed by atoms with Crippen molar-refractivity contribution in [2.45, 2.75) is 12.8 Å². The Balaban J connectivity index is 0.912. The molecule has 0 fully saturated rings. The van der Waals surface area contributed by atoms with Gasteiger partial charge in [-0.3, -0.25) is 4.98 Å². The number of hydrogen-bond donors (Lipinski definition) is 0. The Labute approximate surface area is 358 Å². The van der Waals surface area contributed by atoms with Gasteiger partial charge in [-0.15, -0.1) is 11.3 Å². The Kier molecular flexibility index (Phi) is 8.53. The van der Waals surface area contributed by atoms with Gasteiger partial charge in [0.05, 0.1) is 22.9 Å². The Morgan fingerprint density at radius 2 is 1.00 bits per heavy atom. The summed E-state index contributed by atoms with van der Waals surface area (Å²) in [6, 6.07) is 66.3. The second-order valence-electron chi connectivity index (χ2n) is 16.0. The first-order valence-electron chi connectivity index (χ1n) is 21.0. The van der Waals surface area contributed by atoms with Crippen molar-refractivity contribution in [1.82, 2.24) is 9.97 Å². The first-order valence-corrected chi connectivity index (χ1v) is 21.8. The highest BCUT2D eigenvalue weighted by atomic mass is 32.1. The van der Waals surface area contributed by atoms with Crippen molar-refractivity contribution in [2.75, 3.05) is 0 Å². The number of benzene rings is 9. The normalized spacial score (nSPS) is 12.8. The minimum Gasteiger partial charge on any atom is -0.252 e. The SMILES string of the molecule is C1=CCCC(c2ccc3c(c2)c2cc(-c4ccccc4)ccc2c2ncc(-c4cccc(-c5cccc(-c6ccc(-c7cccc8c7sc7ccccc78)cc6)c5)c4)nc32)=C1. The van der Waals surface area contributed by atoms with Crippen molar-refractivity contribution < 1.29 is 0 Å². The standard InChI is InChI=1S/C58H38N2S/c1-3-12-37(13-4-1)44-28-30-49-52(34-44)53-35-45(38-14-5-2-6-15-38)29-31-50(53)57-56(49)59-36-54(60-57)46-19-10-18-43(33-46)42-17-9-16-41(32-42)39-24-26-40(27-25-39)47-21-11-22-51-48-20-7-8-23-55(48)61-58(47)51/h1-5,7-14,16-36H,6,15H2. The van der Waals surface area contributed by atoms with Gasteiger partial charge in [-0.1, -0.05) is 170 Å². The second kappa shape index (κ2) is 14.7. The highest BCUT2D eigenvalue weighted by Crippen LogP contribution is 2.42. The Morgan fingerprint density at radius 3 is 1.80 bits per heavy atom. The van der Waals surface area contributed by atoms with E-state index in [0.717, 1.165) is 57.0 Å². The van der Waals surface area contributed by atoms with Crippen LogP contribution in [0.4, 0.5) is 0 Å². The van der Waals surface area contributed by atoms with Gasteiger partial charge in [0.15, 0.2) is 0 Å². The van der Waals surface area contributed by atoms with E-state index in [1.165, 1.54) is 75.5 Å². The Hall–Kier alpha value is -7.46. The van der Waals surface area contributed by atoms with Gasteiger partial charge in [-0.05, 0) is 110 Å². The predicted molar refractivity (Wildman–Crippen MR) is 261 cm³/mol. The molecule has 0 bridgehead atoms. The van der Waals surface area contributed by atoms with Crippen LogP contribution in [0.3, 0.4) is 0 Å². The minimum absolute atomic E-state index is 0.862. The van der Waals surface area contributed by atoms with Crippen molar-refractivity contribution in [3.05, 3.63) is 212 Å². The van der Waals surface area contributed by atoms with E-state index in [4.69, 9.17) is 9.97 Å². The van der Waals surface area contributed by atoms with Crippen LogP contribution in [0.15, 0.2) is 206 Å². The van der Waals surface area contributed by atoms with Crippen LogP contribution in [0.2, 0.25) is 0 Å². The van der Waals surface area contributed by atoms with Crippen LogP contribution in [-0.2, 0) is 0 Å². The molecule has 1 aliphatic rings. The zero-order valence-electron chi connectivity index (χ0n) is 33.3. The van der Waals surface area contributed by atoms with E-state index in [-0.39, 0.29) is 0 Å². The van der Waals surface area contributed by atoms with Crippen molar-refractivity contribution in [3.8, 4) is 55.8 Å². The maximum Gasteiger partial charge on any atom is 0.0979 e. The largest absolute Gasteiger partial charge is 0.252 e. The minimum atomic E-state index is 0.862. The molecule has 12 rings (SSSR count). The van der Waals surface area contributed by atoms with E-state index >= 15 is 0 Å². The summed E-state index contributed by atoms with van der Waals surface area (Å²) < 4.78 is 2.67. The summed E-state index contributed by atoms with van der Waals surface area (Å²) in [6.07, 6.45) is 10.7. The fourth-order valence-corrected chi connectivity index (χ4v) is 10.5. The highest BCUT2D eigenvalue weighted by Gasteiger charge is 2.16. The fourth-order valence-electron chi connectivity index (χ4n) is 9.27. The average molecular weight is 795 g/mol. The van der Waals surface area contributed by atoms with Gasteiger partial charge < -0.3 is 0 Å². The summed E-state index contributed by atoms with van der Waals surface area (Å²) in [5, 5.41) is 7.29. The molecule has 2 nitrogen and oxygen atoms in total. The second-order valence-corrected chi connectivity index (χ2v) is 17.1. The first kappa shape index (κ1) is 35.5. The van der Waals surface area contributed by atoms with Gasteiger partial charge in [0.1, 0.15) is 0 Å². The number of allylic oxidation sites excluding steroid dienone is 4. The van der Waals surface area contributed by atoms with Crippen LogP contribution >= 0.6 is 11.3 Å². The summed E-state index contributed by atoms with van der Waals surface area (Å²) >= 11 is 1.88. The van der Waals surface area contributed by atoms with E-state index < -0.39 is 0 Å². The molecule has 0 unspecified atom stereocenters. The van der Waals surface area contributed by atoms with Crippen molar-refractivity contribution in [3.63, 3.8) is 0 Å². The van der Waals surface area contributed by atoms with Crippen LogP contribution in [0.5, 0.6) is 0 Å². The summed E-state index contributed by atoms with van der Waals surface area (Å²) in [4.78, 5) is 10.6. The fraction of sp³-hybridized carbons (Fsp3) is 0.0345. The molecule has 0 spiro atoms. The van der Waals surface area contributed by atoms with Crippen LogP contribution in [0.1, 0.15) is 18.4 Å². The summed E-state index contributed by atoms with van der Waals surface area (Å²) in [5.74, 6) is 0. The molecule has 1 aliphatic carbocycles. The molecule has 0 aliphatic heterocycles. The third kappa shape index (κ3) is 6.25. The molecule has 0 amide bonds. The quantitative estimate of drug-likeness (QED) is 0.157. The number of thiophene rings is 1. The zero-order chi connectivity index (χ0) is 40.3. The molecule has 0 atom stereocenters. The Bertz CT molecular complexity index is 3570. The number of hydrogen-bond acceptors (Lipinski definition) is 3. The molecule has 2 aromatic heterocycles.